The summed E-state index contributed by atoms with van der Waals surface area (Å²) < 4.78 is 5.09. The first-order valence-corrected chi connectivity index (χ1v) is 5.17. The third-order valence-corrected chi connectivity index (χ3v) is 2.09. The van der Waals surface area contributed by atoms with E-state index in [0.717, 1.165) is 18.4 Å². The van der Waals surface area contributed by atoms with Crippen molar-refractivity contribution < 1.29 is 9.53 Å². The molecule has 0 bridgehead atoms. The number of hydrogen-bond donors (Lipinski definition) is 0. The molecular weight excluding hydrogens is 188 g/mol. The predicted molar refractivity (Wildman–Crippen MR) is 61.7 cm³/mol. The average molecular weight is 204 g/mol. The Labute approximate surface area is 90.6 Å². The molecule has 15 heavy (non-hydrogen) atoms. The van der Waals surface area contributed by atoms with Crippen LogP contribution in [-0.4, -0.2) is 12.6 Å². The summed E-state index contributed by atoms with van der Waals surface area (Å²) >= 11 is 0. The van der Waals surface area contributed by atoms with Gasteiger partial charge in [0, 0.05) is 0 Å². The molecule has 0 amide bonds. The van der Waals surface area contributed by atoms with Crippen molar-refractivity contribution in [1.29, 1.82) is 0 Å². The number of carbonyl (C=O) groups is 1. The maximum absolute atomic E-state index is 11.5. The zero-order valence-electron chi connectivity index (χ0n) is 9.03. The van der Waals surface area contributed by atoms with E-state index in [1.54, 1.807) is 18.2 Å². The smallest absolute Gasteiger partial charge is 0.338 e. The lowest BCUT2D eigenvalue weighted by Crippen LogP contribution is -2.06. The first-order chi connectivity index (χ1) is 7.27. The van der Waals surface area contributed by atoms with Crippen molar-refractivity contribution in [1.82, 2.24) is 0 Å². The van der Waals surface area contributed by atoms with E-state index < -0.39 is 0 Å². The normalized spacial score (nSPS) is 9.67. The monoisotopic (exact) mass is 204 g/mol. The van der Waals surface area contributed by atoms with Gasteiger partial charge in [0.1, 0.15) is 0 Å². The van der Waals surface area contributed by atoms with Crippen LogP contribution in [0.2, 0.25) is 0 Å². The topological polar surface area (TPSA) is 26.3 Å². The molecule has 1 aromatic rings. The van der Waals surface area contributed by atoms with Crippen LogP contribution < -0.4 is 0 Å². The first kappa shape index (κ1) is 11.5. The SMILES string of the molecule is C=Cc1cccc(C(=O)OCCCC)c1. The fourth-order valence-corrected chi connectivity index (χ4v) is 1.19. The Morgan fingerprint density at radius 1 is 1.53 bits per heavy atom. The van der Waals surface area contributed by atoms with Crippen LogP contribution in [0.15, 0.2) is 30.8 Å². The van der Waals surface area contributed by atoms with Gasteiger partial charge in [0.2, 0.25) is 0 Å². The molecule has 0 fully saturated rings. The number of rotatable bonds is 5. The fraction of sp³-hybridized carbons (Fsp3) is 0.308. The largest absolute Gasteiger partial charge is 0.462 e. The molecule has 0 aromatic heterocycles. The molecule has 0 radical (unpaired) electrons. The second-order valence-corrected chi connectivity index (χ2v) is 3.32. The van der Waals surface area contributed by atoms with E-state index in [1.807, 2.05) is 12.1 Å². The molecule has 0 aliphatic carbocycles. The Hall–Kier alpha value is -1.57. The van der Waals surface area contributed by atoms with Crippen molar-refractivity contribution in [2.45, 2.75) is 19.8 Å². The standard InChI is InChI=1S/C13H16O2/c1-3-5-9-15-13(14)12-8-6-7-11(4-2)10-12/h4,6-8,10H,2-3,5,9H2,1H3. The van der Waals surface area contributed by atoms with E-state index in [9.17, 15) is 4.79 Å². The lowest BCUT2D eigenvalue weighted by Gasteiger charge is -2.04. The average Bonchev–Trinajstić information content (AvgIpc) is 2.29. The van der Waals surface area contributed by atoms with E-state index in [4.69, 9.17) is 4.74 Å². The number of hydrogen-bond acceptors (Lipinski definition) is 2. The van der Waals surface area contributed by atoms with Crippen LogP contribution in [0.1, 0.15) is 35.7 Å². The highest BCUT2D eigenvalue weighted by Gasteiger charge is 2.05. The van der Waals surface area contributed by atoms with Crippen LogP contribution in [-0.2, 0) is 4.74 Å². The Morgan fingerprint density at radius 2 is 2.33 bits per heavy atom. The predicted octanol–water partition coefficient (Wildman–Crippen LogP) is 3.29. The summed E-state index contributed by atoms with van der Waals surface area (Å²) in [5.74, 6) is -0.257. The van der Waals surface area contributed by atoms with Crippen LogP contribution in [0.4, 0.5) is 0 Å². The van der Waals surface area contributed by atoms with E-state index in [1.165, 1.54) is 0 Å². The van der Waals surface area contributed by atoms with Crippen molar-refractivity contribution in [3.63, 3.8) is 0 Å². The molecule has 0 aliphatic heterocycles. The zero-order chi connectivity index (χ0) is 11.1. The number of carbonyl (C=O) groups excluding carboxylic acids is 1. The summed E-state index contributed by atoms with van der Waals surface area (Å²) in [6.45, 7) is 6.21. The molecular formula is C13H16O2. The maximum Gasteiger partial charge on any atom is 0.338 e. The Bertz CT molecular complexity index is 342. The maximum atomic E-state index is 11.5. The van der Waals surface area contributed by atoms with Crippen LogP contribution in [0, 0.1) is 0 Å². The summed E-state index contributed by atoms with van der Waals surface area (Å²) in [4.78, 5) is 11.5. The molecule has 0 saturated carbocycles. The van der Waals surface area contributed by atoms with Crippen LogP contribution in [0.5, 0.6) is 0 Å². The van der Waals surface area contributed by atoms with Crippen LogP contribution in [0.3, 0.4) is 0 Å². The van der Waals surface area contributed by atoms with E-state index in [-0.39, 0.29) is 5.97 Å². The van der Waals surface area contributed by atoms with Gasteiger partial charge >= 0.3 is 5.97 Å². The van der Waals surface area contributed by atoms with Gasteiger partial charge in [-0.3, -0.25) is 0 Å². The van der Waals surface area contributed by atoms with Gasteiger partial charge in [0.15, 0.2) is 0 Å². The molecule has 2 heteroatoms. The van der Waals surface area contributed by atoms with Crippen molar-refractivity contribution in [2.75, 3.05) is 6.61 Å². The first-order valence-electron chi connectivity index (χ1n) is 5.17. The minimum Gasteiger partial charge on any atom is -0.462 e. The summed E-state index contributed by atoms with van der Waals surface area (Å²) in [6, 6.07) is 7.26. The third-order valence-electron chi connectivity index (χ3n) is 2.09. The molecule has 0 heterocycles. The molecule has 0 saturated heterocycles. The Balaban J connectivity index is 2.61. The Kier molecular flexibility index (Phi) is 4.61. The second-order valence-electron chi connectivity index (χ2n) is 3.32. The molecule has 0 aliphatic rings. The van der Waals surface area contributed by atoms with E-state index in [2.05, 4.69) is 13.5 Å². The van der Waals surface area contributed by atoms with Crippen molar-refractivity contribution >= 4 is 12.0 Å². The third kappa shape index (κ3) is 3.58. The highest BCUT2D eigenvalue weighted by atomic mass is 16.5. The molecule has 0 unspecified atom stereocenters. The number of esters is 1. The van der Waals surface area contributed by atoms with Gasteiger partial charge in [0.05, 0.1) is 12.2 Å². The second kappa shape index (κ2) is 6.02. The quantitative estimate of drug-likeness (QED) is 0.543. The highest BCUT2D eigenvalue weighted by Crippen LogP contribution is 2.08. The molecule has 0 spiro atoms. The highest BCUT2D eigenvalue weighted by molar-refractivity contribution is 5.90. The molecule has 0 N–H and O–H groups in total. The minimum atomic E-state index is -0.257. The fourth-order valence-electron chi connectivity index (χ4n) is 1.19. The Morgan fingerprint density at radius 3 is 3.00 bits per heavy atom. The summed E-state index contributed by atoms with van der Waals surface area (Å²) in [7, 11) is 0. The lowest BCUT2D eigenvalue weighted by atomic mass is 10.1. The van der Waals surface area contributed by atoms with E-state index in [0.29, 0.717) is 12.2 Å². The van der Waals surface area contributed by atoms with Gasteiger partial charge in [-0.1, -0.05) is 38.1 Å². The molecule has 2 nitrogen and oxygen atoms in total. The van der Waals surface area contributed by atoms with Gasteiger partial charge in [-0.05, 0) is 24.1 Å². The summed E-state index contributed by atoms with van der Waals surface area (Å²) in [5.41, 5.74) is 1.52. The minimum absolute atomic E-state index is 0.257. The molecule has 1 rings (SSSR count). The van der Waals surface area contributed by atoms with Gasteiger partial charge in [0.25, 0.3) is 0 Å². The van der Waals surface area contributed by atoms with Crippen molar-refractivity contribution in [3.05, 3.63) is 42.0 Å². The number of unbranched alkanes of at least 4 members (excludes halogenated alkanes) is 1. The van der Waals surface area contributed by atoms with Crippen LogP contribution in [0.25, 0.3) is 6.08 Å². The summed E-state index contributed by atoms with van der Waals surface area (Å²) in [6.07, 6.45) is 3.65. The molecule has 80 valence electrons. The van der Waals surface area contributed by atoms with Gasteiger partial charge < -0.3 is 4.74 Å². The van der Waals surface area contributed by atoms with Gasteiger partial charge in [-0.25, -0.2) is 4.79 Å². The van der Waals surface area contributed by atoms with Crippen molar-refractivity contribution in [3.8, 4) is 0 Å². The zero-order valence-corrected chi connectivity index (χ0v) is 9.03. The number of benzene rings is 1. The van der Waals surface area contributed by atoms with Crippen molar-refractivity contribution in [2.24, 2.45) is 0 Å². The van der Waals surface area contributed by atoms with E-state index >= 15 is 0 Å². The van der Waals surface area contributed by atoms with Crippen LogP contribution >= 0.6 is 0 Å². The molecule has 0 atom stereocenters. The lowest BCUT2D eigenvalue weighted by molar-refractivity contribution is 0.0499. The summed E-state index contributed by atoms with van der Waals surface area (Å²) in [5, 5.41) is 0. The van der Waals surface area contributed by atoms with Gasteiger partial charge in [-0.2, -0.15) is 0 Å². The van der Waals surface area contributed by atoms with Gasteiger partial charge in [-0.15, -0.1) is 0 Å². The number of ether oxygens (including phenoxy) is 1. The molecule has 1 aromatic carbocycles.